The molecular weight excluding hydrogens is 347 g/mol. The first-order valence-corrected chi connectivity index (χ1v) is 8.31. The lowest BCUT2D eigenvalue weighted by molar-refractivity contribution is -0.116. The van der Waals surface area contributed by atoms with Gasteiger partial charge in [-0.05, 0) is 50.4 Å². The number of nitrogens with one attached hydrogen (secondary N) is 3. The Morgan fingerprint density at radius 2 is 2.04 bits per heavy atom. The average Bonchev–Trinajstić information content (AvgIpc) is 3.05. The largest absolute Gasteiger partial charge is 0.342 e. The van der Waals surface area contributed by atoms with Gasteiger partial charge in [-0.3, -0.25) is 4.79 Å². The Kier molecular flexibility index (Phi) is 6.49. The molecular formula is C17H24Cl2N4O. The SMILES string of the molecule is Cl.Cl.O=C(CC1CCCN1)Nc1ccc2nc(C3CCC3)[nH]c2c1. The van der Waals surface area contributed by atoms with Crippen LogP contribution in [0.4, 0.5) is 5.69 Å². The Balaban J connectivity index is 0.00000104. The second-order valence-electron chi connectivity index (χ2n) is 6.53. The van der Waals surface area contributed by atoms with Crippen molar-refractivity contribution in [2.24, 2.45) is 0 Å². The molecule has 2 aromatic rings. The van der Waals surface area contributed by atoms with Crippen LogP contribution in [-0.4, -0.2) is 28.5 Å². The lowest BCUT2D eigenvalue weighted by atomic mass is 9.85. The molecule has 2 heterocycles. The lowest BCUT2D eigenvalue weighted by Crippen LogP contribution is -2.27. The molecule has 3 N–H and O–H groups in total. The molecule has 1 aliphatic carbocycles. The zero-order valence-corrected chi connectivity index (χ0v) is 15.1. The first-order chi connectivity index (χ1) is 10.8. The van der Waals surface area contributed by atoms with E-state index in [1.807, 2.05) is 18.2 Å². The summed E-state index contributed by atoms with van der Waals surface area (Å²) in [6.45, 7) is 1.03. The van der Waals surface area contributed by atoms with Gasteiger partial charge < -0.3 is 15.6 Å². The number of aromatic amines is 1. The molecule has 132 valence electrons. The third-order valence-corrected chi connectivity index (χ3v) is 4.87. The van der Waals surface area contributed by atoms with Crippen LogP contribution in [0.2, 0.25) is 0 Å². The Hall–Kier alpha value is -1.30. The number of hydrogen-bond donors (Lipinski definition) is 3. The van der Waals surface area contributed by atoms with E-state index in [0.717, 1.165) is 35.5 Å². The maximum Gasteiger partial charge on any atom is 0.225 e. The molecule has 1 saturated carbocycles. The van der Waals surface area contributed by atoms with Crippen LogP contribution in [0.3, 0.4) is 0 Å². The molecule has 4 rings (SSSR count). The fourth-order valence-corrected chi connectivity index (χ4v) is 3.35. The molecule has 7 heteroatoms. The van der Waals surface area contributed by atoms with Crippen molar-refractivity contribution < 1.29 is 4.79 Å². The third kappa shape index (κ3) is 4.02. The Bertz CT molecular complexity index is 693. The average molecular weight is 371 g/mol. The van der Waals surface area contributed by atoms with Gasteiger partial charge in [-0.1, -0.05) is 6.42 Å². The van der Waals surface area contributed by atoms with E-state index in [-0.39, 0.29) is 30.7 Å². The molecule has 2 aliphatic rings. The van der Waals surface area contributed by atoms with Crippen LogP contribution in [0.15, 0.2) is 18.2 Å². The molecule has 2 fully saturated rings. The Labute approximate surface area is 154 Å². The van der Waals surface area contributed by atoms with Gasteiger partial charge in [-0.15, -0.1) is 24.8 Å². The molecule has 1 aromatic carbocycles. The number of anilines is 1. The standard InChI is InChI=1S/C17H22N4O.2ClH/c22-16(10-12-5-2-8-18-12)19-13-6-7-14-15(9-13)21-17(20-14)11-3-1-4-11;;/h6-7,9,11-12,18H,1-5,8,10H2,(H,19,22)(H,20,21);2*1H. The molecule has 5 nitrogen and oxygen atoms in total. The van der Waals surface area contributed by atoms with Crippen LogP contribution in [0.1, 0.15) is 50.3 Å². The fourth-order valence-electron chi connectivity index (χ4n) is 3.35. The molecule has 0 bridgehead atoms. The van der Waals surface area contributed by atoms with Crippen molar-refractivity contribution in [3.63, 3.8) is 0 Å². The second kappa shape index (κ2) is 8.19. The van der Waals surface area contributed by atoms with Gasteiger partial charge in [0.25, 0.3) is 0 Å². The summed E-state index contributed by atoms with van der Waals surface area (Å²) in [6, 6.07) is 6.25. The maximum absolute atomic E-state index is 12.1. The highest BCUT2D eigenvalue weighted by Gasteiger charge is 2.23. The zero-order chi connectivity index (χ0) is 14.9. The number of fused-ring (bicyclic) bond motifs is 1. The summed E-state index contributed by atoms with van der Waals surface area (Å²) in [4.78, 5) is 20.2. The molecule has 1 amide bonds. The van der Waals surface area contributed by atoms with E-state index in [4.69, 9.17) is 0 Å². The molecule has 1 unspecified atom stereocenters. The third-order valence-electron chi connectivity index (χ3n) is 4.87. The van der Waals surface area contributed by atoms with Crippen molar-refractivity contribution in [2.45, 2.75) is 50.5 Å². The first kappa shape index (κ1) is 19.0. The number of H-pyrrole nitrogens is 1. The predicted molar refractivity (Wildman–Crippen MR) is 101 cm³/mol. The van der Waals surface area contributed by atoms with E-state index in [9.17, 15) is 4.79 Å². The van der Waals surface area contributed by atoms with E-state index in [2.05, 4.69) is 20.6 Å². The van der Waals surface area contributed by atoms with Crippen LogP contribution in [0.5, 0.6) is 0 Å². The molecule has 1 atom stereocenters. The number of carbonyl (C=O) groups is 1. The number of halogens is 2. The Morgan fingerprint density at radius 1 is 1.21 bits per heavy atom. The lowest BCUT2D eigenvalue weighted by Gasteiger charge is -2.22. The number of amides is 1. The quantitative estimate of drug-likeness (QED) is 0.767. The van der Waals surface area contributed by atoms with E-state index >= 15 is 0 Å². The summed E-state index contributed by atoms with van der Waals surface area (Å²) >= 11 is 0. The molecule has 0 spiro atoms. The smallest absolute Gasteiger partial charge is 0.225 e. The summed E-state index contributed by atoms with van der Waals surface area (Å²) in [5, 5.41) is 6.36. The van der Waals surface area contributed by atoms with E-state index < -0.39 is 0 Å². The number of rotatable bonds is 4. The summed E-state index contributed by atoms with van der Waals surface area (Å²) in [5.41, 5.74) is 2.84. The van der Waals surface area contributed by atoms with E-state index in [0.29, 0.717) is 18.4 Å². The minimum absolute atomic E-state index is 0. The summed E-state index contributed by atoms with van der Waals surface area (Å²) in [6.07, 6.45) is 6.59. The zero-order valence-electron chi connectivity index (χ0n) is 13.5. The van der Waals surface area contributed by atoms with Crippen molar-refractivity contribution in [3.05, 3.63) is 24.0 Å². The molecule has 1 aliphatic heterocycles. The highest BCUT2D eigenvalue weighted by atomic mass is 35.5. The number of benzene rings is 1. The second-order valence-corrected chi connectivity index (χ2v) is 6.53. The van der Waals surface area contributed by atoms with Crippen molar-refractivity contribution in [1.82, 2.24) is 15.3 Å². The predicted octanol–water partition coefficient (Wildman–Crippen LogP) is 3.75. The summed E-state index contributed by atoms with van der Waals surface area (Å²) in [7, 11) is 0. The van der Waals surface area contributed by atoms with Gasteiger partial charge in [-0.2, -0.15) is 0 Å². The number of carbonyl (C=O) groups excluding carboxylic acids is 1. The van der Waals surface area contributed by atoms with Crippen LogP contribution in [0.25, 0.3) is 11.0 Å². The molecule has 1 aromatic heterocycles. The Morgan fingerprint density at radius 3 is 2.71 bits per heavy atom. The minimum Gasteiger partial charge on any atom is -0.342 e. The van der Waals surface area contributed by atoms with Crippen molar-refractivity contribution in [2.75, 3.05) is 11.9 Å². The highest BCUT2D eigenvalue weighted by Crippen LogP contribution is 2.35. The van der Waals surface area contributed by atoms with E-state index in [1.165, 1.54) is 25.7 Å². The van der Waals surface area contributed by atoms with E-state index in [1.54, 1.807) is 0 Å². The molecule has 24 heavy (non-hydrogen) atoms. The van der Waals surface area contributed by atoms with Gasteiger partial charge in [0, 0.05) is 24.1 Å². The van der Waals surface area contributed by atoms with Crippen LogP contribution in [0, 0.1) is 0 Å². The maximum atomic E-state index is 12.1. The van der Waals surface area contributed by atoms with Crippen molar-refractivity contribution >= 4 is 47.4 Å². The number of nitrogens with zero attached hydrogens (tertiary/aromatic N) is 1. The number of hydrogen-bond acceptors (Lipinski definition) is 3. The number of imidazole rings is 1. The minimum atomic E-state index is 0. The normalized spacial score (nSPS) is 20.1. The van der Waals surface area contributed by atoms with Gasteiger partial charge in [0.15, 0.2) is 0 Å². The van der Waals surface area contributed by atoms with Gasteiger partial charge in [0.2, 0.25) is 5.91 Å². The van der Waals surface area contributed by atoms with Crippen LogP contribution >= 0.6 is 24.8 Å². The first-order valence-electron chi connectivity index (χ1n) is 8.31. The number of aromatic nitrogens is 2. The van der Waals surface area contributed by atoms with Gasteiger partial charge in [0.05, 0.1) is 11.0 Å². The van der Waals surface area contributed by atoms with Gasteiger partial charge in [-0.25, -0.2) is 4.98 Å². The summed E-state index contributed by atoms with van der Waals surface area (Å²) < 4.78 is 0. The highest BCUT2D eigenvalue weighted by molar-refractivity contribution is 5.93. The van der Waals surface area contributed by atoms with Crippen molar-refractivity contribution in [3.8, 4) is 0 Å². The van der Waals surface area contributed by atoms with Gasteiger partial charge in [0.1, 0.15) is 5.82 Å². The molecule has 1 saturated heterocycles. The van der Waals surface area contributed by atoms with Crippen LogP contribution in [-0.2, 0) is 4.79 Å². The monoisotopic (exact) mass is 370 g/mol. The van der Waals surface area contributed by atoms with Crippen LogP contribution < -0.4 is 10.6 Å². The van der Waals surface area contributed by atoms with Crippen molar-refractivity contribution in [1.29, 1.82) is 0 Å². The topological polar surface area (TPSA) is 69.8 Å². The molecule has 0 radical (unpaired) electrons. The van der Waals surface area contributed by atoms with Gasteiger partial charge >= 0.3 is 0 Å². The fraction of sp³-hybridized carbons (Fsp3) is 0.529. The summed E-state index contributed by atoms with van der Waals surface area (Å²) in [5.74, 6) is 1.77.